The lowest BCUT2D eigenvalue weighted by molar-refractivity contribution is -0.153. The average molecular weight is 255 g/mol. The van der Waals surface area contributed by atoms with Gasteiger partial charge < -0.3 is 20.6 Å². The van der Waals surface area contributed by atoms with Gasteiger partial charge in [-0.2, -0.15) is 0 Å². The molecule has 0 radical (unpaired) electrons. The molecule has 2 fully saturated rings. The molecule has 0 spiro atoms. The summed E-state index contributed by atoms with van der Waals surface area (Å²) in [6, 6.07) is -0.802. The third-order valence-corrected chi connectivity index (χ3v) is 3.43. The standard InChI is InChI=1S/C11H17N3O4/c15-9-2-1-7(5-13-9)10(16)14-4-3-12-6-8(14)11(17)18/h7-8,12H,1-6H2,(H,13,15)(H,17,18). The Bertz CT molecular complexity index is 361. The molecule has 0 aromatic rings. The third-order valence-electron chi connectivity index (χ3n) is 3.43. The van der Waals surface area contributed by atoms with E-state index in [1.807, 2.05) is 0 Å². The van der Waals surface area contributed by atoms with Crippen molar-refractivity contribution >= 4 is 17.8 Å². The minimum atomic E-state index is -0.990. The molecular weight excluding hydrogens is 238 g/mol. The van der Waals surface area contributed by atoms with E-state index >= 15 is 0 Å². The molecule has 2 atom stereocenters. The summed E-state index contributed by atoms with van der Waals surface area (Å²) in [7, 11) is 0. The highest BCUT2D eigenvalue weighted by Gasteiger charge is 2.36. The molecule has 7 nitrogen and oxygen atoms in total. The highest BCUT2D eigenvalue weighted by Crippen LogP contribution is 2.17. The van der Waals surface area contributed by atoms with Gasteiger partial charge in [0.25, 0.3) is 0 Å². The molecule has 2 heterocycles. The van der Waals surface area contributed by atoms with Crippen LogP contribution in [0.5, 0.6) is 0 Å². The van der Waals surface area contributed by atoms with E-state index < -0.39 is 12.0 Å². The second-order valence-corrected chi connectivity index (χ2v) is 4.63. The summed E-state index contributed by atoms with van der Waals surface area (Å²) in [6.07, 6.45) is 0.834. The molecule has 18 heavy (non-hydrogen) atoms. The van der Waals surface area contributed by atoms with Gasteiger partial charge in [0.15, 0.2) is 0 Å². The Balaban J connectivity index is 2.02. The lowest BCUT2D eigenvalue weighted by Gasteiger charge is -2.36. The number of piperidine rings is 1. The molecule has 0 saturated carbocycles. The van der Waals surface area contributed by atoms with Crippen LogP contribution in [-0.4, -0.2) is 60.0 Å². The van der Waals surface area contributed by atoms with E-state index in [-0.39, 0.29) is 24.3 Å². The van der Waals surface area contributed by atoms with Crippen molar-refractivity contribution in [3.05, 3.63) is 0 Å². The molecule has 0 aromatic carbocycles. The summed E-state index contributed by atoms with van der Waals surface area (Å²) in [6.45, 7) is 1.60. The Morgan fingerprint density at radius 3 is 2.72 bits per heavy atom. The van der Waals surface area contributed by atoms with E-state index in [0.29, 0.717) is 32.5 Å². The highest BCUT2D eigenvalue weighted by atomic mass is 16.4. The first kappa shape index (κ1) is 12.8. The van der Waals surface area contributed by atoms with E-state index in [0.717, 1.165) is 0 Å². The van der Waals surface area contributed by atoms with Crippen LogP contribution in [-0.2, 0) is 14.4 Å². The highest BCUT2D eigenvalue weighted by molar-refractivity contribution is 5.87. The van der Waals surface area contributed by atoms with Gasteiger partial charge in [0, 0.05) is 32.6 Å². The summed E-state index contributed by atoms with van der Waals surface area (Å²) >= 11 is 0. The Labute approximate surface area is 105 Å². The van der Waals surface area contributed by atoms with Crippen LogP contribution in [0, 0.1) is 5.92 Å². The number of hydrogen-bond acceptors (Lipinski definition) is 4. The molecule has 100 valence electrons. The predicted octanol–water partition coefficient (Wildman–Crippen LogP) is -1.60. The molecule has 2 rings (SSSR count). The first-order valence-electron chi connectivity index (χ1n) is 6.10. The van der Waals surface area contributed by atoms with Gasteiger partial charge in [0.2, 0.25) is 11.8 Å². The number of rotatable bonds is 2. The summed E-state index contributed by atoms with van der Waals surface area (Å²) in [5.41, 5.74) is 0. The van der Waals surface area contributed by atoms with Crippen molar-refractivity contribution in [2.75, 3.05) is 26.2 Å². The molecule has 2 saturated heterocycles. The topological polar surface area (TPSA) is 98.7 Å². The van der Waals surface area contributed by atoms with Crippen molar-refractivity contribution in [2.24, 2.45) is 5.92 Å². The van der Waals surface area contributed by atoms with Gasteiger partial charge in [-0.1, -0.05) is 0 Å². The van der Waals surface area contributed by atoms with Gasteiger partial charge in [-0.3, -0.25) is 9.59 Å². The quantitative estimate of drug-likeness (QED) is 0.552. The van der Waals surface area contributed by atoms with Crippen LogP contribution in [0.15, 0.2) is 0 Å². The number of carboxylic acids is 1. The van der Waals surface area contributed by atoms with Crippen molar-refractivity contribution in [3.63, 3.8) is 0 Å². The molecule has 2 aliphatic heterocycles. The number of piperazine rings is 1. The van der Waals surface area contributed by atoms with Crippen LogP contribution in [0.4, 0.5) is 0 Å². The maximum absolute atomic E-state index is 12.3. The van der Waals surface area contributed by atoms with Crippen LogP contribution in [0.3, 0.4) is 0 Å². The van der Waals surface area contributed by atoms with Crippen molar-refractivity contribution in [1.82, 2.24) is 15.5 Å². The van der Waals surface area contributed by atoms with Crippen molar-refractivity contribution in [1.29, 1.82) is 0 Å². The predicted molar refractivity (Wildman–Crippen MR) is 61.7 cm³/mol. The zero-order valence-electron chi connectivity index (χ0n) is 10.0. The molecule has 0 aromatic heterocycles. The Morgan fingerprint density at radius 2 is 2.11 bits per heavy atom. The fraction of sp³-hybridized carbons (Fsp3) is 0.727. The number of carbonyl (C=O) groups is 3. The second-order valence-electron chi connectivity index (χ2n) is 4.63. The molecule has 2 aliphatic rings. The smallest absolute Gasteiger partial charge is 0.327 e. The molecule has 2 amide bonds. The van der Waals surface area contributed by atoms with Crippen LogP contribution in [0.1, 0.15) is 12.8 Å². The average Bonchev–Trinajstić information content (AvgIpc) is 2.39. The summed E-state index contributed by atoms with van der Waals surface area (Å²) < 4.78 is 0. The Hall–Kier alpha value is -1.63. The van der Waals surface area contributed by atoms with Crippen LogP contribution >= 0.6 is 0 Å². The van der Waals surface area contributed by atoms with E-state index in [9.17, 15) is 14.4 Å². The molecule has 3 N–H and O–H groups in total. The van der Waals surface area contributed by atoms with Crippen molar-refractivity contribution < 1.29 is 19.5 Å². The lowest BCUT2D eigenvalue weighted by Crippen LogP contribution is -2.59. The van der Waals surface area contributed by atoms with E-state index in [1.165, 1.54) is 4.90 Å². The normalized spacial score (nSPS) is 28.7. The van der Waals surface area contributed by atoms with Gasteiger partial charge in [-0.25, -0.2) is 4.79 Å². The minimum absolute atomic E-state index is 0.0471. The maximum atomic E-state index is 12.3. The summed E-state index contributed by atoms with van der Waals surface area (Å²) in [5, 5.41) is 14.7. The zero-order valence-corrected chi connectivity index (χ0v) is 10.0. The third kappa shape index (κ3) is 2.61. The van der Waals surface area contributed by atoms with Crippen molar-refractivity contribution in [3.8, 4) is 0 Å². The van der Waals surface area contributed by atoms with Gasteiger partial charge in [-0.05, 0) is 6.42 Å². The molecule has 7 heteroatoms. The summed E-state index contributed by atoms with van der Waals surface area (Å²) in [5.74, 6) is -1.49. The lowest BCUT2D eigenvalue weighted by atomic mass is 9.96. The number of aliphatic carboxylic acids is 1. The second kappa shape index (κ2) is 5.34. The largest absolute Gasteiger partial charge is 0.480 e. The van der Waals surface area contributed by atoms with Crippen molar-refractivity contribution in [2.45, 2.75) is 18.9 Å². The Morgan fingerprint density at radius 1 is 1.33 bits per heavy atom. The number of nitrogens with one attached hydrogen (secondary N) is 2. The molecule has 2 unspecified atom stereocenters. The van der Waals surface area contributed by atoms with Gasteiger partial charge in [0.05, 0.1) is 5.92 Å². The van der Waals surface area contributed by atoms with Gasteiger partial charge >= 0.3 is 5.97 Å². The zero-order chi connectivity index (χ0) is 13.1. The fourth-order valence-electron chi connectivity index (χ4n) is 2.37. The number of carboxylic acid groups (broad SMARTS) is 1. The molecule has 0 aliphatic carbocycles. The van der Waals surface area contributed by atoms with Crippen LogP contribution < -0.4 is 10.6 Å². The first-order chi connectivity index (χ1) is 8.59. The van der Waals surface area contributed by atoms with E-state index in [4.69, 9.17) is 5.11 Å². The SMILES string of the molecule is O=C1CCC(C(=O)N2CCNCC2C(=O)O)CN1. The monoisotopic (exact) mass is 255 g/mol. The number of carbonyl (C=O) groups excluding carboxylic acids is 2. The summed E-state index contributed by atoms with van der Waals surface area (Å²) in [4.78, 5) is 35.8. The molecule has 0 bridgehead atoms. The van der Waals surface area contributed by atoms with Gasteiger partial charge in [0.1, 0.15) is 6.04 Å². The maximum Gasteiger partial charge on any atom is 0.327 e. The number of hydrogen-bond donors (Lipinski definition) is 3. The minimum Gasteiger partial charge on any atom is -0.480 e. The van der Waals surface area contributed by atoms with Crippen LogP contribution in [0.2, 0.25) is 0 Å². The van der Waals surface area contributed by atoms with Crippen LogP contribution in [0.25, 0.3) is 0 Å². The molecular formula is C11H17N3O4. The van der Waals surface area contributed by atoms with E-state index in [2.05, 4.69) is 10.6 Å². The number of nitrogens with zero attached hydrogens (tertiary/aromatic N) is 1. The van der Waals surface area contributed by atoms with Gasteiger partial charge in [-0.15, -0.1) is 0 Å². The fourth-order valence-corrected chi connectivity index (χ4v) is 2.37. The first-order valence-corrected chi connectivity index (χ1v) is 6.10. The van der Waals surface area contributed by atoms with E-state index in [1.54, 1.807) is 0 Å². The Kier molecular flexibility index (Phi) is 3.81. The number of amides is 2.